The summed E-state index contributed by atoms with van der Waals surface area (Å²) in [6.45, 7) is 2.53. The fourth-order valence-electron chi connectivity index (χ4n) is 2.69. The topological polar surface area (TPSA) is 65.4 Å². The minimum atomic E-state index is 0. The van der Waals surface area contributed by atoms with Crippen LogP contribution in [0.1, 0.15) is 11.1 Å². The molecule has 1 heterocycles. The van der Waals surface area contributed by atoms with Gasteiger partial charge in [0.05, 0.1) is 18.2 Å². The van der Waals surface area contributed by atoms with E-state index in [1.807, 2.05) is 60.3 Å². The molecule has 0 spiro atoms. The van der Waals surface area contributed by atoms with Crippen LogP contribution in [-0.4, -0.2) is 35.5 Å². The molecule has 0 amide bonds. The maximum atomic E-state index is 9.22. The average molecular weight is 464 g/mol. The van der Waals surface area contributed by atoms with Gasteiger partial charge in [0.1, 0.15) is 0 Å². The predicted molar refractivity (Wildman–Crippen MR) is 116 cm³/mol. The third-order valence-electron chi connectivity index (χ3n) is 4.07. The van der Waals surface area contributed by atoms with Crippen molar-refractivity contribution in [3.63, 3.8) is 0 Å². The molecule has 4 nitrogen and oxygen atoms in total. The minimum absolute atomic E-state index is 0. The molecule has 0 aliphatic carbocycles. The normalized spacial score (nSPS) is 14.5. The van der Waals surface area contributed by atoms with E-state index in [0.717, 1.165) is 41.3 Å². The Balaban J connectivity index is 0.00000225. The Morgan fingerprint density at radius 2 is 1.80 bits per heavy atom. The zero-order valence-corrected chi connectivity index (χ0v) is 17.0. The smallest absolute Gasteiger partial charge is 0.191 e. The zero-order valence-electron chi connectivity index (χ0n) is 13.9. The highest BCUT2D eigenvalue weighted by Crippen LogP contribution is 2.23. The second kappa shape index (κ2) is 9.68. The third-order valence-corrected chi connectivity index (χ3v) is 5.01. The SMILES string of the molecule is I.N#Cc1ccccc1-c1ccc(CN=C(N)N2CCSCC2)cc1. The Morgan fingerprint density at radius 1 is 1.12 bits per heavy atom. The van der Waals surface area contributed by atoms with Crippen molar-refractivity contribution in [2.75, 3.05) is 24.6 Å². The molecule has 1 aliphatic rings. The number of nitrogens with zero attached hydrogens (tertiary/aromatic N) is 3. The number of aliphatic imine (C=N–C) groups is 1. The molecule has 0 saturated carbocycles. The first-order valence-electron chi connectivity index (χ1n) is 7.99. The first kappa shape index (κ1) is 19.6. The molecular weight excluding hydrogens is 443 g/mol. The van der Waals surface area contributed by atoms with E-state index in [-0.39, 0.29) is 24.0 Å². The van der Waals surface area contributed by atoms with Crippen LogP contribution in [0.3, 0.4) is 0 Å². The lowest BCUT2D eigenvalue weighted by atomic mass is 9.99. The summed E-state index contributed by atoms with van der Waals surface area (Å²) >= 11 is 1.96. The zero-order chi connectivity index (χ0) is 16.8. The van der Waals surface area contributed by atoms with E-state index in [1.165, 1.54) is 0 Å². The molecule has 3 rings (SSSR count). The Labute approximate surface area is 170 Å². The summed E-state index contributed by atoms with van der Waals surface area (Å²) in [6, 6.07) is 18.0. The van der Waals surface area contributed by atoms with Crippen LogP contribution in [0.4, 0.5) is 0 Å². The van der Waals surface area contributed by atoms with Gasteiger partial charge in [-0.25, -0.2) is 4.99 Å². The number of guanidine groups is 1. The lowest BCUT2D eigenvalue weighted by Crippen LogP contribution is -2.42. The molecule has 2 N–H and O–H groups in total. The fraction of sp³-hybridized carbons (Fsp3) is 0.263. The molecule has 0 bridgehead atoms. The van der Waals surface area contributed by atoms with Gasteiger partial charge in [0.15, 0.2) is 5.96 Å². The van der Waals surface area contributed by atoms with Crippen LogP contribution in [0.25, 0.3) is 11.1 Å². The molecule has 0 unspecified atom stereocenters. The monoisotopic (exact) mass is 464 g/mol. The van der Waals surface area contributed by atoms with Gasteiger partial charge in [-0.05, 0) is 22.8 Å². The summed E-state index contributed by atoms with van der Waals surface area (Å²) in [5.41, 5.74) is 9.89. The summed E-state index contributed by atoms with van der Waals surface area (Å²) in [7, 11) is 0. The van der Waals surface area contributed by atoms with Gasteiger partial charge in [-0.3, -0.25) is 0 Å². The second-order valence-electron chi connectivity index (χ2n) is 5.63. The quantitative estimate of drug-likeness (QED) is 0.428. The van der Waals surface area contributed by atoms with Crippen LogP contribution in [0, 0.1) is 11.3 Å². The Bertz CT molecular complexity index is 762. The van der Waals surface area contributed by atoms with Gasteiger partial charge in [0.25, 0.3) is 0 Å². The summed E-state index contributed by atoms with van der Waals surface area (Å²) in [4.78, 5) is 6.66. The van der Waals surface area contributed by atoms with E-state index >= 15 is 0 Å². The highest BCUT2D eigenvalue weighted by atomic mass is 127. The molecule has 0 atom stereocenters. The van der Waals surface area contributed by atoms with E-state index in [4.69, 9.17) is 5.73 Å². The first-order valence-corrected chi connectivity index (χ1v) is 9.14. The van der Waals surface area contributed by atoms with Crippen LogP contribution in [0.5, 0.6) is 0 Å². The van der Waals surface area contributed by atoms with Gasteiger partial charge in [0, 0.05) is 24.6 Å². The Morgan fingerprint density at radius 3 is 2.48 bits per heavy atom. The van der Waals surface area contributed by atoms with E-state index in [1.54, 1.807) is 0 Å². The predicted octanol–water partition coefficient (Wildman–Crippen LogP) is 3.71. The second-order valence-corrected chi connectivity index (χ2v) is 6.85. The molecule has 25 heavy (non-hydrogen) atoms. The number of hydrogen-bond acceptors (Lipinski definition) is 3. The van der Waals surface area contributed by atoms with E-state index in [2.05, 4.69) is 16.0 Å². The van der Waals surface area contributed by atoms with Crippen LogP contribution >= 0.6 is 35.7 Å². The average Bonchev–Trinajstić information content (AvgIpc) is 2.67. The van der Waals surface area contributed by atoms with Crippen LogP contribution in [0.2, 0.25) is 0 Å². The van der Waals surface area contributed by atoms with Gasteiger partial charge < -0.3 is 10.6 Å². The number of halogens is 1. The van der Waals surface area contributed by atoms with Crippen molar-refractivity contribution < 1.29 is 0 Å². The van der Waals surface area contributed by atoms with E-state index in [9.17, 15) is 5.26 Å². The first-order chi connectivity index (χ1) is 11.8. The van der Waals surface area contributed by atoms with Crippen molar-refractivity contribution in [3.8, 4) is 17.2 Å². The van der Waals surface area contributed by atoms with Crippen LogP contribution in [-0.2, 0) is 6.54 Å². The lowest BCUT2D eigenvalue weighted by Gasteiger charge is -2.27. The number of hydrogen-bond donors (Lipinski definition) is 1. The molecule has 1 aliphatic heterocycles. The van der Waals surface area contributed by atoms with Crippen molar-refractivity contribution in [2.24, 2.45) is 10.7 Å². The van der Waals surface area contributed by atoms with Crippen molar-refractivity contribution >= 4 is 41.7 Å². The van der Waals surface area contributed by atoms with Gasteiger partial charge >= 0.3 is 0 Å². The van der Waals surface area contributed by atoms with Crippen LogP contribution < -0.4 is 5.73 Å². The van der Waals surface area contributed by atoms with Crippen LogP contribution in [0.15, 0.2) is 53.5 Å². The summed E-state index contributed by atoms with van der Waals surface area (Å²) < 4.78 is 0. The lowest BCUT2D eigenvalue weighted by molar-refractivity contribution is 0.455. The Kier molecular flexibility index (Phi) is 7.59. The molecule has 2 aromatic carbocycles. The van der Waals surface area contributed by atoms with Crippen molar-refractivity contribution in [1.82, 2.24) is 4.90 Å². The highest BCUT2D eigenvalue weighted by Gasteiger charge is 2.11. The van der Waals surface area contributed by atoms with E-state index < -0.39 is 0 Å². The van der Waals surface area contributed by atoms with Gasteiger partial charge in [-0.15, -0.1) is 24.0 Å². The molecule has 1 saturated heterocycles. The summed E-state index contributed by atoms with van der Waals surface area (Å²) in [5, 5.41) is 9.22. The van der Waals surface area contributed by atoms with Crippen molar-refractivity contribution in [3.05, 3.63) is 59.7 Å². The van der Waals surface area contributed by atoms with Crippen molar-refractivity contribution in [1.29, 1.82) is 5.26 Å². The maximum Gasteiger partial charge on any atom is 0.191 e. The molecule has 2 aromatic rings. The largest absolute Gasteiger partial charge is 0.370 e. The van der Waals surface area contributed by atoms with E-state index in [0.29, 0.717) is 18.1 Å². The van der Waals surface area contributed by atoms with Gasteiger partial charge in [0.2, 0.25) is 0 Å². The van der Waals surface area contributed by atoms with Crippen molar-refractivity contribution in [2.45, 2.75) is 6.54 Å². The minimum Gasteiger partial charge on any atom is -0.370 e. The molecule has 0 aromatic heterocycles. The molecule has 6 heteroatoms. The maximum absolute atomic E-state index is 9.22. The van der Waals surface area contributed by atoms with Gasteiger partial charge in [-0.1, -0.05) is 42.5 Å². The summed E-state index contributed by atoms with van der Waals surface area (Å²) in [5.74, 6) is 2.86. The summed E-state index contributed by atoms with van der Waals surface area (Å²) in [6.07, 6.45) is 0. The standard InChI is InChI=1S/C19H20N4S.HI/c20-13-17-3-1-2-4-18(17)16-7-5-15(6-8-16)14-22-19(21)23-9-11-24-12-10-23;/h1-8H,9-12,14H2,(H2,21,22);1H. The van der Waals surface area contributed by atoms with Gasteiger partial charge in [-0.2, -0.15) is 17.0 Å². The fourth-order valence-corrected chi connectivity index (χ4v) is 3.59. The number of thioether (sulfide) groups is 1. The molecule has 0 radical (unpaired) electrons. The number of rotatable bonds is 3. The number of nitrogens with two attached hydrogens (primary N) is 1. The Hall–Kier alpha value is -1.72. The number of nitriles is 1. The molecular formula is C19H21IN4S. The molecule has 130 valence electrons. The highest BCUT2D eigenvalue weighted by molar-refractivity contribution is 14.0. The molecule has 1 fully saturated rings. The number of benzene rings is 2. The third kappa shape index (κ3) is 5.13.